The number of nitrogens with zero attached hydrogens (tertiary/aromatic N) is 2. The highest BCUT2D eigenvalue weighted by Gasteiger charge is 2.30. The molecule has 2 aromatic carbocycles. The van der Waals surface area contributed by atoms with E-state index >= 15 is 0 Å². The minimum atomic E-state index is -4.39. The van der Waals surface area contributed by atoms with Gasteiger partial charge in [0, 0.05) is 17.7 Å². The summed E-state index contributed by atoms with van der Waals surface area (Å²) in [5.41, 5.74) is 0.743. The van der Waals surface area contributed by atoms with Crippen molar-refractivity contribution in [3.8, 4) is 11.3 Å². The van der Waals surface area contributed by atoms with Gasteiger partial charge in [0.25, 0.3) is 0 Å². The summed E-state index contributed by atoms with van der Waals surface area (Å²) >= 11 is 0. The van der Waals surface area contributed by atoms with Gasteiger partial charge >= 0.3 is 6.18 Å². The summed E-state index contributed by atoms with van der Waals surface area (Å²) in [6.07, 6.45) is -2.81. The molecule has 0 radical (unpaired) electrons. The molecular weight excluding hydrogens is 329 g/mol. The first-order valence-electron chi connectivity index (χ1n) is 7.45. The van der Waals surface area contributed by atoms with Gasteiger partial charge in [-0.3, -0.25) is 0 Å². The third-order valence-corrected chi connectivity index (χ3v) is 3.57. The van der Waals surface area contributed by atoms with E-state index in [1.165, 1.54) is 16.8 Å². The van der Waals surface area contributed by atoms with E-state index in [0.717, 1.165) is 12.1 Å². The summed E-state index contributed by atoms with van der Waals surface area (Å²) in [6, 6.07) is 18.4. The van der Waals surface area contributed by atoms with E-state index in [-0.39, 0.29) is 0 Å². The largest absolute Gasteiger partial charge is 0.854 e. The maximum Gasteiger partial charge on any atom is 0.416 e. The first kappa shape index (κ1) is 16.7. The van der Waals surface area contributed by atoms with Gasteiger partial charge in [-0.15, -0.1) is 0 Å². The maximum absolute atomic E-state index is 12.7. The minimum Gasteiger partial charge on any atom is -0.854 e. The molecule has 0 aliphatic carbocycles. The molecule has 0 atom stereocenters. The van der Waals surface area contributed by atoms with E-state index in [0.29, 0.717) is 16.8 Å². The van der Waals surface area contributed by atoms with Crippen molar-refractivity contribution < 1.29 is 23.0 Å². The highest BCUT2D eigenvalue weighted by atomic mass is 19.4. The minimum absolute atomic E-state index is 0.428. The number of hydrogen-bond donors (Lipinski definition) is 0. The van der Waals surface area contributed by atoms with Crippen LogP contribution in [0.4, 0.5) is 13.2 Å². The van der Waals surface area contributed by atoms with Crippen LogP contribution in [0.25, 0.3) is 11.3 Å². The van der Waals surface area contributed by atoms with Gasteiger partial charge in [-0.05, 0) is 41.0 Å². The van der Waals surface area contributed by atoms with Gasteiger partial charge in [-0.1, -0.05) is 35.0 Å². The first-order valence-corrected chi connectivity index (χ1v) is 7.45. The highest BCUT2D eigenvalue weighted by molar-refractivity contribution is 5.89. The third kappa shape index (κ3) is 3.85. The molecule has 126 valence electrons. The summed E-state index contributed by atoms with van der Waals surface area (Å²) < 4.78 is 39.4. The monoisotopic (exact) mass is 342 g/mol. The molecule has 0 saturated carbocycles. The van der Waals surface area contributed by atoms with Crippen LogP contribution in [0.15, 0.2) is 84.1 Å². The molecule has 0 amide bonds. The van der Waals surface area contributed by atoms with Gasteiger partial charge in [-0.2, -0.15) is 13.2 Å². The molecule has 3 nitrogen and oxygen atoms in total. The smallest absolute Gasteiger partial charge is 0.416 e. The van der Waals surface area contributed by atoms with Gasteiger partial charge in [0.05, 0.1) is 11.5 Å². The highest BCUT2D eigenvalue weighted by Crippen LogP contribution is 2.30. The lowest BCUT2D eigenvalue weighted by molar-refractivity contribution is -0.670. The molecule has 0 spiro atoms. The quantitative estimate of drug-likeness (QED) is 0.409. The number of alkyl halides is 3. The summed E-state index contributed by atoms with van der Waals surface area (Å²) in [5.74, 6) is -0.440. The van der Waals surface area contributed by atoms with E-state index in [9.17, 15) is 18.3 Å². The average molecular weight is 342 g/mol. The zero-order chi connectivity index (χ0) is 17.9. The van der Waals surface area contributed by atoms with Gasteiger partial charge < -0.3 is 5.11 Å². The molecule has 0 unspecified atom stereocenters. The Bertz CT molecular complexity index is 889. The van der Waals surface area contributed by atoms with Crippen molar-refractivity contribution in [2.75, 3.05) is 0 Å². The number of rotatable bonds is 3. The second kappa shape index (κ2) is 6.76. The van der Waals surface area contributed by atoms with Gasteiger partial charge in [0.2, 0.25) is 11.9 Å². The summed E-state index contributed by atoms with van der Waals surface area (Å²) in [6.45, 7) is 0. The van der Waals surface area contributed by atoms with Gasteiger partial charge in [0.1, 0.15) is 0 Å². The third-order valence-electron chi connectivity index (χ3n) is 3.57. The molecule has 0 bridgehead atoms. The second-order valence-corrected chi connectivity index (χ2v) is 5.28. The summed E-state index contributed by atoms with van der Waals surface area (Å²) in [4.78, 5) is 0. The van der Waals surface area contributed by atoms with E-state index in [1.807, 2.05) is 0 Å². The van der Waals surface area contributed by atoms with Crippen LogP contribution in [-0.2, 0) is 6.18 Å². The summed E-state index contributed by atoms with van der Waals surface area (Å²) in [7, 11) is 0. The normalized spacial score (nSPS) is 12.2. The number of hydrogen-bond acceptors (Lipinski definition) is 2. The van der Waals surface area contributed by atoms with Crippen LogP contribution in [0.3, 0.4) is 0 Å². The Morgan fingerprint density at radius 2 is 1.48 bits per heavy atom. The number of benzene rings is 2. The van der Waals surface area contributed by atoms with Crippen LogP contribution in [-0.4, -0.2) is 5.90 Å². The lowest BCUT2D eigenvalue weighted by atomic mass is 10.1. The Morgan fingerprint density at radius 3 is 2.12 bits per heavy atom. The van der Waals surface area contributed by atoms with E-state index in [2.05, 4.69) is 5.10 Å². The van der Waals surface area contributed by atoms with Crippen molar-refractivity contribution >= 4 is 5.90 Å². The van der Waals surface area contributed by atoms with Crippen molar-refractivity contribution in [3.05, 3.63) is 90.1 Å². The van der Waals surface area contributed by atoms with E-state index < -0.39 is 17.6 Å². The lowest BCUT2D eigenvalue weighted by Gasteiger charge is -2.08. The van der Waals surface area contributed by atoms with Gasteiger partial charge in [-0.25, -0.2) is 0 Å². The number of halogens is 3. The number of aromatic nitrogens is 1. The van der Waals surface area contributed by atoms with Crippen LogP contribution in [0.2, 0.25) is 0 Å². The molecule has 0 saturated heterocycles. The molecule has 3 aromatic rings. The molecule has 6 heteroatoms. The molecule has 25 heavy (non-hydrogen) atoms. The van der Waals surface area contributed by atoms with E-state index in [4.69, 9.17) is 0 Å². The van der Waals surface area contributed by atoms with Gasteiger partial charge in [0.15, 0.2) is 0 Å². The van der Waals surface area contributed by atoms with Crippen LogP contribution in [0.1, 0.15) is 11.1 Å². The molecule has 0 aliphatic heterocycles. The first-order chi connectivity index (χ1) is 11.9. The predicted molar refractivity (Wildman–Crippen MR) is 85.5 cm³/mol. The van der Waals surface area contributed by atoms with Crippen LogP contribution >= 0.6 is 0 Å². The van der Waals surface area contributed by atoms with E-state index in [1.54, 1.807) is 54.7 Å². The SMILES string of the molecule is [O-]/C(=N\[n+]1ccccc1-c1ccc(C(F)(F)F)cc1)c1ccccc1. The molecule has 1 aromatic heterocycles. The van der Waals surface area contributed by atoms with Crippen LogP contribution in [0.5, 0.6) is 0 Å². The van der Waals surface area contributed by atoms with Crippen molar-refractivity contribution in [3.63, 3.8) is 0 Å². The van der Waals surface area contributed by atoms with Crippen molar-refractivity contribution in [2.45, 2.75) is 6.18 Å². The van der Waals surface area contributed by atoms with Crippen LogP contribution in [0, 0.1) is 0 Å². The zero-order valence-electron chi connectivity index (χ0n) is 12.9. The Labute approximate surface area is 142 Å². The molecular formula is C19H13F3N2O. The van der Waals surface area contributed by atoms with Crippen molar-refractivity contribution in [2.24, 2.45) is 5.10 Å². The molecule has 0 fully saturated rings. The van der Waals surface area contributed by atoms with Crippen molar-refractivity contribution in [1.82, 2.24) is 0 Å². The fraction of sp³-hybridized carbons (Fsp3) is 0.0526. The second-order valence-electron chi connectivity index (χ2n) is 5.28. The number of pyridine rings is 1. The molecule has 0 N–H and O–H groups in total. The summed E-state index contributed by atoms with van der Waals surface area (Å²) in [5, 5.41) is 16.3. The molecule has 3 rings (SSSR count). The fourth-order valence-electron chi connectivity index (χ4n) is 2.32. The molecule has 1 heterocycles. The topological polar surface area (TPSA) is 39.3 Å². The standard InChI is InChI=1S/C19H13F3N2O/c20-19(21,22)16-11-9-14(10-12-16)17-8-4-5-13-24(17)23-18(25)15-6-2-1-3-7-15/h1-13H. The lowest BCUT2D eigenvalue weighted by Crippen LogP contribution is -2.35. The zero-order valence-corrected chi connectivity index (χ0v) is 12.9. The fourth-order valence-corrected chi connectivity index (χ4v) is 2.32. The Hall–Kier alpha value is -3.15. The maximum atomic E-state index is 12.7. The Kier molecular flexibility index (Phi) is 4.52. The van der Waals surface area contributed by atoms with Crippen LogP contribution < -0.4 is 9.78 Å². The molecule has 0 aliphatic rings. The Balaban J connectivity index is 1.99. The Morgan fingerprint density at radius 1 is 0.840 bits per heavy atom. The predicted octanol–water partition coefficient (Wildman–Crippen LogP) is 3.23. The van der Waals surface area contributed by atoms with Crippen molar-refractivity contribution in [1.29, 1.82) is 0 Å². The average Bonchev–Trinajstić information content (AvgIpc) is 2.62.